The van der Waals surface area contributed by atoms with Crippen LogP contribution in [0.3, 0.4) is 0 Å². The van der Waals surface area contributed by atoms with Gasteiger partial charge in [0, 0.05) is 26.7 Å². The number of benzene rings is 1. The molecule has 0 saturated carbocycles. The monoisotopic (exact) mass is 415 g/mol. The fraction of sp³-hybridized carbons (Fsp3) is 0.609. The van der Waals surface area contributed by atoms with Crippen LogP contribution in [0.4, 0.5) is 0 Å². The molecule has 1 aromatic rings. The van der Waals surface area contributed by atoms with Gasteiger partial charge in [0.2, 0.25) is 11.8 Å². The van der Waals surface area contributed by atoms with Crippen LogP contribution in [0, 0.1) is 5.92 Å². The first-order valence-corrected chi connectivity index (χ1v) is 11.0. The van der Waals surface area contributed by atoms with Gasteiger partial charge in [-0.05, 0) is 44.7 Å². The molecule has 0 aromatic heterocycles. The van der Waals surface area contributed by atoms with Crippen LogP contribution >= 0.6 is 0 Å². The standard InChI is InChI=1S/C23H33N3O4/c1-3-30-23(29)19-11-7-14-26(16-19)21(27)17-24(2)22(28)20-12-8-13-25(20)15-18-9-5-4-6-10-18/h4-6,9-10,19-20H,3,7-8,11-17H2,1-2H3. The molecule has 30 heavy (non-hydrogen) atoms. The molecule has 0 aliphatic carbocycles. The lowest BCUT2D eigenvalue weighted by Crippen LogP contribution is -2.50. The summed E-state index contributed by atoms with van der Waals surface area (Å²) in [6.07, 6.45) is 3.32. The van der Waals surface area contributed by atoms with Crippen molar-refractivity contribution in [3.05, 3.63) is 35.9 Å². The topological polar surface area (TPSA) is 70.2 Å². The van der Waals surface area contributed by atoms with Crippen LogP contribution < -0.4 is 0 Å². The molecule has 0 bridgehead atoms. The van der Waals surface area contributed by atoms with Crippen molar-refractivity contribution >= 4 is 17.8 Å². The highest BCUT2D eigenvalue weighted by atomic mass is 16.5. The van der Waals surface area contributed by atoms with Crippen LogP contribution in [-0.4, -0.2) is 78.4 Å². The molecule has 2 heterocycles. The number of hydrogen-bond acceptors (Lipinski definition) is 5. The summed E-state index contributed by atoms with van der Waals surface area (Å²) in [5.41, 5.74) is 1.19. The fourth-order valence-corrected chi connectivity index (χ4v) is 4.40. The quantitative estimate of drug-likeness (QED) is 0.637. The second kappa shape index (κ2) is 10.6. The molecule has 2 fully saturated rings. The van der Waals surface area contributed by atoms with Crippen molar-refractivity contribution in [1.82, 2.24) is 14.7 Å². The molecule has 2 atom stereocenters. The fourth-order valence-electron chi connectivity index (χ4n) is 4.40. The van der Waals surface area contributed by atoms with E-state index in [9.17, 15) is 14.4 Å². The Morgan fingerprint density at radius 1 is 1.10 bits per heavy atom. The molecule has 2 saturated heterocycles. The van der Waals surface area contributed by atoms with Gasteiger partial charge < -0.3 is 14.5 Å². The molecular formula is C23H33N3O4. The third-order valence-electron chi connectivity index (χ3n) is 6.02. The number of esters is 1. The molecule has 2 aliphatic rings. The Bertz CT molecular complexity index is 739. The van der Waals surface area contributed by atoms with Gasteiger partial charge in [0.25, 0.3) is 0 Å². The Kier molecular flexibility index (Phi) is 7.85. The van der Waals surface area contributed by atoms with Crippen LogP contribution in [0.5, 0.6) is 0 Å². The first-order chi connectivity index (χ1) is 14.5. The molecule has 164 valence electrons. The molecule has 2 aliphatic heterocycles. The van der Waals surface area contributed by atoms with Crippen molar-refractivity contribution in [2.75, 3.05) is 39.8 Å². The molecule has 0 spiro atoms. The summed E-state index contributed by atoms with van der Waals surface area (Å²) in [5.74, 6) is -0.606. The summed E-state index contributed by atoms with van der Waals surface area (Å²) >= 11 is 0. The maximum Gasteiger partial charge on any atom is 0.310 e. The van der Waals surface area contributed by atoms with Gasteiger partial charge in [-0.25, -0.2) is 0 Å². The van der Waals surface area contributed by atoms with E-state index >= 15 is 0 Å². The minimum atomic E-state index is -0.264. The first kappa shape index (κ1) is 22.3. The Morgan fingerprint density at radius 2 is 1.83 bits per heavy atom. The summed E-state index contributed by atoms with van der Waals surface area (Å²) in [7, 11) is 1.70. The SMILES string of the molecule is CCOC(=O)C1CCCN(C(=O)CN(C)C(=O)C2CCCN2Cc2ccccc2)C1. The van der Waals surface area contributed by atoms with E-state index in [-0.39, 0.29) is 36.3 Å². The highest BCUT2D eigenvalue weighted by Crippen LogP contribution is 2.22. The van der Waals surface area contributed by atoms with Gasteiger partial charge in [0.15, 0.2) is 0 Å². The van der Waals surface area contributed by atoms with Crippen molar-refractivity contribution in [2.24, 2.45) is 5.92 Å². The number of likely N-dealkylation sites (N-methyl/N-ethyl adjacent to an activating group) is 1. The highest BCUT2D eigenvalue weighted by Gasteiger charge is 2.34. The van der Waals surface area contributed by atoms with Gasteiger partial charge in [-0.2, -0.15) is 0 Å². The number of likely N-dealkylation sites (tertiary alicyclic amines) is 2. The van der Waals surface area contributed by atoms with E-state index in [1.807, 2.05) is 18.2 Å². The molecule has 0 N–H and O–H groups in total. The number of carbonyl (C=O) groups is 3. The summed E-state index contributed by atoms with van der Waals surface area (Å²) in [5, 5.41) is 0. The third-order valence-corrected chi connectivity index (χ3v) is 6.02. The lowest BCUT2D eigenvalue weighted by atomic mass is 9.98. The maximum absolute atomic E-state index is 13.1. The molecule has 2 amide bonds. The van der Waals surface area contributed by atoms with Gasteiger partial charge in [-0.15, -0.1) is 0 Å². The summed E-state index contributed by atoms with van der Waals surface area (Å²) < 4.78 is 5.11. The van der Waals surface area contributed by atoms with Gasteiger partial charge in [0.1, 0.15) is 0 Å². The predicted molar refractivity (Wildman–Crippen MR) is 113 cm³/mol. The Balaban J connectivity index is 1.54. The molecule has 7 nitrogen and oxygen atoms in total. The van der Waals surface area contributed by atoms with Crippen molar-refractivity contribution in [3.8, 4) is 0 Å². The number of ether oxygens (including phenoxy) is 1. The average molecular weight is 416 g/mol. The Hall–Kier alpha value is -2.41. The minimum Gasteiger partial charge on any atom is -0.466 e. The maximum atomic E-state index is 13.1. The second-order valence-electron chi connectivity index (χ2n) is 8.24. The molecular weight excluding hydrogens is 382 g/mol. The van der Waals surface area contributed by atoms with Crippen LogP contribution in [0.1, 0.15) is 38.2 Å². The third kappa shape index (κ3) is 5.59. The summed E-state index contributed by atoms with van der Waals surface area (Å²) in [4.78, 5) is 43.3. The van der Waals surface area contributed by atoms with Crippen molar-refractivity contribution in [3.63, 3.8) is 0 Å². The Labute approximate surface area is 179 Å². The van der Waals surface area contributed by atoms with E-state index in [1.54, 1.807) is 23.8 Å². The zero-order chi connectivity index (χ0) is 21.5. The van der Waals surface area contributed by atoms with Gasteiger partial charge in [0.05, 0.1) is 25.1 Å². The largest absolute Gasteiger partial charge is 0.466 e. The zero-order valence-electron chi connectivity index (χ0n) is 18.1. The molecule has 7 heteroatoms. The molecule has 2 unspecified atom stereocenters. The lowest BCUT2D eigenvalue weighted by Gasteiger charge is -2.33. The highest BCUT2D eigenvalue weighted by molar-refractivity contribution is 5.88. The molecule has 0 radical (unpaired) electrons. The minimum absolute atomic E-state index is 0.00395. The first-order valence-electron chi connectivity index (χ1n) is 11.0. The summed E-state index contributed by atoms with van der Waals surface area (Å²) in [6.45, 7) is 4.82. The van der Waals surface area contributed by atoms with Gasteiger partial charge >= 0.3 is 5.97 Å². The Morgan fingerprint density at radius 3 is 2.57 bits per heavy atom. The number of nitrogens with zero attached hydrogens (tertiary/aromatic N) is 3. The van der Waals surface area contributed by atoms with Crippen molar-refractivity contribution in [2.45, 2.75) is 45.2 Å². The lowest BCUT2D eigenvalue weighted by molar-refractivity contribution is -0.152. The molecule has 3 rings (SSSR count). The van der Waals surface area contributed by atoms with E-state index in [0.29, 0.717) is 19.7 Å². The second-order valence-corrected chi connectivity index (χ2v) is 8.24. The number of carbonyl (C=O) groups excluding carboxylic acids is 3. The van der Waals surface area contributed by atoms with E-state index < -0.39 is 0 Å². The number of hydrogen-bond donors (Lipinski definition) is 0. The van der Waals surface area contributed by atoms with Crippen LogP contribution in [-0.2, 0) is 25.7 Å². The van der Waals surface area contributed by atoms with Crippen LogP contribution in [0.2, 0.25) is 0 Å². The van der Waals surface area contributed by atoms with Gasteiger partial charge in [-0.1, -0.05) is 30.3 Å². The van der Waals surface area contributed by atoms with E-state index in [1.165, 1.54) is 5.56 Å². The van der Waals surface area contributed by atoms with Crippen LogP contribution in [0.25, 0.3) is 0 Å². The van der Waals surface area contributed by atoms with Crippen molar-refractivity contribution in [1.29, 1.82) is 0 Å². The smallest absolute Gasteiger partial charge is 0.310 e. The molecule has 1 aromatic carbocycles. The van der Waals surface area contributed by atoms with Crippen LogP contribution in [0.15, 0.2) is 30.3 Å². The van der Waals surface area contributed by atoms with E-state index in [2.05, 4.69) is 17.0 Å². The summed E-state index contributed by atoms with van der Waals surface area (Å²) in [6, 6.07) is 9.97. The average Bonchev–Trinajstić information content (AvgIpc) is 3.22. The van der Waals surface area contributed by atoms with Crippen molar-refractivity contribution < 1.29 is 19.1 Å². The van der Waals surface area contributed by atoms with E-state index in [4.69, 9.17) is 4.74 Å². The zero-order valence-corrected chi connectivity index (χ0v) is 18.1. The van der Waals surface area contributed by atoms with Gasteiger partial charge in [-0.3, -0.25) is 19.3 Å². The number of amides is 2. The number of rotatable bonds is 7. The predicted octanol–water partition coefficient (Wildman–Crippen LogP) is 1.91. The number of piperidine rings is 1. The normalized spacial score (nSPS) is 22.0. The van der Waals surface area contributed by atoms with E-state index in [0.717, 1.165) is 38.8 Å².